The van der Waals surface area contributed by atoms with E-state index in [1.807, 2.05) is 6.07 Å². The molecule has 0 unspecified atom stereocenters. The van der Waals surface area contributed by atoms with E-state index < -0.39 is 5.82 Å². The van der Waals surface area contributed by atoms with Crippen LogP contribution >= 0.6 is 0 Å². The van der Waals surface area contributed by atoms with Crippen LogP contribution in [0.4, 0.5) is 10.1 Å². The van der Waals surface area contributed by atoms with Crippen LogP contribution in [0.15, 0.2) is 53.6 Å². The van der Waals surface area contributed by atoms with E-state index in [1.54, 1.807) is 24.4 Å². The standard InChI is InChI=1S/C15H10FN7O/c16-12-7-11(23-6-2-1-3-14(23)24)4-5-13(12)18-9-10(8-17)15-19-21-22-20-15/h1-7,9,18H,(H,19,20,21,22). The van der Waals surface area contributed by atoms with Gasteiger partial charge in [0.05, 0.1) is 11.4 Å². The van der Waals surface area contributed by atoms with Gasteiger partial charge >= 0.3 is 0 Å². The second-order valence-electron chi connectivity index (χ2n) is 4.62. The number of hydrogen-bond donors (Lipinski definition) is 2. The molecule has 0 aliphatic rings. The minimum atomic E-state index is -0.579. The molecule has 0 amide bonds. The summed E-state index contributed by atoms with van der Waals surface area (Å²) in [5.41, 5.74) is 0.359. The second kappa shape index (κ2) is 6.53. The Labute approximate surface area is 134 Å². The normalized spacial score (nSPS) is 11.1. The number of allylic oxidation sites excluding steroid dienone is 1. The van der Waals surface area contributed by atoms with E-state index in [-0.39, 0.29) is 22.6 Å². The van der Waals surface area contributed by atoms with Crippen molar-refractivity contribution in [2.24, 2.45) is 0 Å². The van der Waals surface area contributed by atoms with Crippen molar-refractivity contribution in [2.75, 3.05) is 5.32 Å². The SMILES string of the molecule is N#CC(=CNc1ccc(-n2ccccc2=O)cc1F)c1nn[nH]n1. The first-order valence-electron chi connectivity index (χ1n) is 6.77. The van der Waals surface area contributed by atoms with Gasteiger partial charge in [-0.2, -0.15) is 10.5 Å². The van der Waals surface area contributed by atoms with Gasteiger partial charge in [-0.25, -0.2) is 4.39 Å². The molecule has 1 aromatic carbocycles. The van der Waals surface area contributed by atoms with Crippen molar-refractivity contribution in [3.8, 4) is 11.8 Å². The molecule has 0 atom stereocenters. The third kappa shape index (κ3) is 3.02. The van der Waals surface area contributed by atoms with Gasteiger partial charge in [0, 0.05) is 24.5 Å². The summed E-state index contributed by atoms with van der Waals surface area (Å²) in [6.07, 6.45) is 2.83. The maximum absolute atomic E-state index is 14.2. The van der Waals surface area contributed by atoms with Crippen molar-refractivity contribution < 1.29 is 4.39 Å². The number of aromatic amines is 1. The molecule has 0 spiro atoms. The highest BCUT2D eigenvalue weighted by molar-refractivity contribution is 5.74. The van der Waals surface area contributed by atoms with Gasteiger partial charge in [0.15, 0.2) is 0 Å². The molecular formula is C15H10FN7O. The third-order valence-electron chi connectivity index (χ3n) is 3.13. The quantitative estimate of drug-likeness (QED) is 0.703. The molecule has 24 heavy (non-hydrogen) atoms. The van der Waals surface area contributed by atoms with Crippen LogP contribution in [0.1, 0.15) is 5.82 Å². The summed E-state index contributed by atoms with van der Waals surface area (Å²) < 4.78 is 15.5. The number of nitriles is 1. The first kappa shape index (κ1) is 15.1. The van der Waals surface area contributed by atoms with Crippen molar-refractivity contribution in [3.63, 3.8) is 0 Å². The smallest absolute Gasteiger partial charge is 0.255 e. The molecule has 2 heterocycles. The molecule has 3 aromatic rings. The monoisotopic (exact) mass is 323 g/mol. The Kier molecular flexibility index (Phi) is 4.11. The highest BCUT2D eigenvalue weighted by Crippen LogP contribution is 2.18. The van der Waals surface area contributed by atoms with E-state index in [2.05, 4.69) is 25.9 Å². The summed E-state index contributed by atoms with van der Waals surface area (Å²) in [4.78, 5) is 11.8. The first-order valence-corrected chi connectivity index (χ1v) is 6.77. The Morgan fingerprint density at radius 2 is 2.25 bits per heavy atom. The Morgan fingerprint density at radius 1 is 1.38 bits per heavy atom. The van der Waals surface area contributed by atoms with Crippen molar-refractivity contribution in [1.82, 2.24) is 25.2 Å². The highest BCUT2D eigenvalue weighted by Gasteiger charge is 2.08. The molecule has 0 aliphatic heterocycles. The Balaban J connectivity index is 1.87. The lowest BCUT2D eigenvalue weighted by Crippen LogP contribution is -2.15. The molecule has 3 rings (SSSR count). The molecular weight excluding hydrogens is 313 g/mol. The molecule has 118 valence electrons. The number of benzene rings is 1. The van der Waals surface area contributed by atoms with Crippen molar-refractivity contribution in [3.05, 3.63) is 70.8 Å². The topological polar surface area (TPSA) is 112 Å². The summed E-state index contributed by atoms with van der Waals surface area (Å²) in [5.74, 6) is -0.484. The summed E-state index contributed by atoms with van der Waals surface area (Å²) in [6, 6.07) is 10.8. The van der Waals surface area contributed by atoms with Crippen LogP contribution in [-0.4, -0.2) is 25.2 Å². The molecule has 0 saturated heterocycles. The van der Waals surface area contributed by atoms with Gasteiger partial charge < -0.3 is 5.32 Å². The van der Waals surface area contributed by atoms with Gasteiger partial charge in [0.25, 0.3) is 5.56 Å². The Hall–Kier alpha value is -3.80. The van der Waals surface area contributed by atoms with Gasteiger partial charge in [0.2, 0.25) is 5.82 Å². The maximum Gasteiger partial charge on any atom is 0.255 e. The number of hydrogen-bond acceptors (Lipinski definition) is 6. The number of tetrazole rings is 1. The van der Waals surface area contributed by atoms with E-state index >= 15 is 0 Å². The zero-order chi connectivity index (χ0) is 16.9. The summed E-state index contributed by atoms with van der Waals surface area (Å²) in [7, 11) is 0. The Morgan fingerprint density at radius 3 is 2.92 bits per heavy atom. The lowest BCUT2D eigenvalue weighted by molar-refractivity contribution is 0.630. The summed E-state index contributed by atoms with van der Waals surface area (Å²) in [6.45, 7) is 0. The summed E-state index contributed by atoms with van der Waals surface area (Å²) in [5, 5.41) is 24.7. The number of nitrogens with one attached hydrogen (secondary N) is 2. The number of anilines is 1. The van der Waals surface area contributed by atoms with Gasteiger partial charge in [-0.15, -0.1) is 10.2 Å². The van der Waals surface area contributed by atoms with Crippen molar-refractivity contribution >= 4 is 11.3 Å². The van der Waals surface area contributed by atoms with Crippen LogP contribution < -0.4 is 10.9 Å². The van der Waals surface area contributed by atoms with Crippen LogP contribution in [0.3, 0.4) is 0 Å². The molecule has 0 bridgehead atoms. The number of nitrogens with zero attached hydrogens (tertiary/aromatic N) is 5. The predicted molar refractivity (Wildman–Crippen MR) is 83.4 cm³/mol. The summed E-state index contributed by atoms with van der Waals surface area (Å²) >= 11 is 0. The molecule has 0 saturated carbocycles. The lowest BCUT2D eigenvalue weighted by Gasteiger charge is -2.08. The van der Waals surface area contributed by atoms with Gasteiger partial charge in [0.1, 0.15) is 17.5 Å². The third-order valence-corrected chi connectivity index (χ3v) is 3.13. The van der Waals surface area contributed by atoms with E-state index in [1.165, 1.54) is 29.0 Å². The van der Waals surface area contributed by atoms with Gasteiger partial charge in [-0.3, -0.25) is 9.36 Å². The van der Waals surface area contributed by atoms with Gasteiger partial charge in [-0.1, -0.05) is 6.07 Å². The molecule has 2 N–H and O–H groups in total. The number of halogens is 1. The molecule has 9 heteroatoms. The van der Waals surface area contributed by atoms with Crippen LogP contribution in [0.25, 0.3) is 11.3 Å². The van der Waals surface area contributed by atoms with E-state index in [0.717, 1.165) is 0 Å². The van der Waals surface area contributed by atoms with E-state index in [4.69, 9.17) is 5.26 Å². The number of pyridine rings is 1. The molecule has 8 nitrogen and oxygen atoms in total. The zero-order valence-corrected chi connectivity index (χ0v) is 12.1. The number of rotatable bonds is 4. The highest BCUT2D eigenvalue weighted by atomic mass is 19.1. The fourth-order valence-electron chi connectivity index (χ4n) is 1.98. The maximum atomic E-state index is 14.2. The first-order chi connectivity index (χ1) is 11.7. The second-order valence-corrected chi connectivity index (χ2v) is 4.62. The molecule has 0 aliphatic carbocycles. The fourth-order valence-corrected chi connectivity index (χ4v) is 1.98. The van der Waals surface area contributed by atoms with Crippen LogP contribution in [0.5, 0.6) is 0 Å². The van der Waals surface area contributed by atoms with Crippen LogP contribution in [-0.2, 0) is 0 Å². The lowest BCUT2D eigenvalue weighted by atomic mass is 10.2. The minimum Gasteiger partial charge on any atom is -0.358 e. The van der Waals surface area contributed by atoms with Gasteiger partial charge in [-0.05, 0) is 23.4 Å². The number of aromatic nitrogens is 5. The average Bonchev–Trinajstić information content (AvgIpc) is 3.11. The minimum absolute atomic E-state index is 0.0894. The predicted octanol–water partition coefficient (Wildman–Crippen LogP) is 1.47. The molecule has 0 radical (unpaired) electrons. The van der Waals surface area contributed by atoms with Crippen molar-refractivity contribution in [1.29, 1.82) is 5.26 Å². The molecule has 0 fully saturated rings. The fraction of sp³-hybridized carbons (Fsp3) is 0. The Bertz CT molecular complexity index is 986. The zero-order valence-electron chi connectivity index (χ0n) is 12.1. The van der Waals surface area contributed by atoms with Crippen molar-refractivity contribution in [2.45, 2.75) is 0 Å². The number of H-pyrrole nitrogens is 1. The van der Waals surface area contributed by atoms with Crippen LogP contribution in [0.2, 0.25) is 0 Å². The van der Waals surface area contributed by atoms with Crippen LogP contribution in [0, 0.1) is 17.1 Å². The largest absolute Gasteiger partial charge is 0.358 e. The average molecular weight is 323 g/mol. The van der Waals surface area contributed by atoms with E-state index in [0.29, 0.717) is 5.69 Å². The molecule has 2 aromatic heterocycles. The van der Waals surface area contributed by atoms with E-state index in [9.17, 15) is 9.18 Å².